The predicted molar refractivity (Wildman–Crippen MR) is 167 cm³/mol. The van der Waals surface area contributed by atoms with Crippen LogP contribution in [0.2, 0.25) is 0 Å². The van der Waals surface area contributed by atoms with Gasteiger partial charge >= 0.3 is 243 Å². The fourth-order valence-electron chi connectivity index (χ4n) is 6.68. The zero-order chi connectivity index (χ0) is 26.6. The zero-order valence-electron chi connectivity index (χ0n) is 22.6. The Morgan fingerprint density at radius 1 is 0.842 bits per heavy atom. The van der Waals surface area contributed by atoms with Crippen LogP contribution in [0.4, 0.5) is 0 Å². The van der Waals surface area contributed by atoms with Crippen molar-refractivity contribution < 1.29 is 17.9 Å². The summed E-state index contributed by atoms with van der Waals surface area (Å²) in [6.45, 7) is 9.13. The number of rotatable bonds is 6. The van der Waals surface area contributed by atoms with Crippen molar-refractivity contribution in [2.45, 2.75) is 44.2 Å². The number of hydrogen-bond acceptors (Lipinski definition) is 0. The van der Waals surface area contributed by atoms with Crippen LogP contribution in [0.5, 0.6) is 0 Å². The minimum atomic E-state index is -3.98. The van der Waals surface area contributed by atoms with Gasteiger partial charge in [0, 0.05) is 0 Å². The van der Waals surface area contributed by atoms with Gasteiger partial charge in [0.15, 0.2) is 0 Å². The molecule has 0 nitrogen and oxygen atoms in total. The van der Waals surface area contributed by atoms with E-state index >= 15 is 0 Å². The molecule has 0 saturated heterocycles. The van der Waals surface area contributed by atoms with Crippen molar-refractivity contribution in [3.63, 3.8) is 0 Å². The van der Waals surface area contributed by atoms with Crippen molar-refractivity contribution in [1.29, 1.82) is 0 Å². The quantitative estimate of drug-likeness (QED) is 0.169. The van der Waals surface area contributed by atoms with Gasteiger partial charge in [0.1, 0.15) is 0 Å². The molecule has 1 aliphatic carbocycles. The van der Waals surface area contributed by atoms with Crippen LogP contribution in [0.15, 0.2) is 84.4 Å². The molecule has 0 bridgehead atoms. The second-order valence-electron chi connectivity index (χ2n) is 10.9. The Kier molecular flexibility index (Phi) is 7.23. The van der Waals surface area contributed by atoms with Gasteiger partial charge in [-0.3, -0.25) is 0 Å². The van der Waals surface area contributed by atoms with Crippen LogP contribution in [0.3, 0.4) is 0 Å². The molecule has 1 heterocycles. The molecular weight excluding hydrogens is 599 g/mol. The molecule has 2 unspecified atom stereocenters. The summed E-state index contributed by atoms with van der Waals surface area (Å²) < 4.78 is 1.43. The molecule has 4 aromatic rings. The first-order valence-corrected chi connectivity index (χ1v) is 24.3. The predicted octanol–water partition coefficient (Wildman–Crippen LogP) is 7.60. The molecule has 0 amide bonds. The topological polar surface area (TPSA) is 0 Å². The summed E-state index contributed by atoms with van der Waals surface area (Å²) in [6.07, 6.45) is 4.57. The molecule has 1 aliphatic heterocycles. The summed E-state index contributed by atoms with van der Waals surface area (Å²) in [4.78, 5) is 0. The Bertz CT molecular complexity index is 1590. The first kappa shape index (κ1) is 26.5. The van der Waals surface area contributed by atoms with Crippen molar-refractivity contribution >= 4 is 46.3 Å². The maximum atomic E-state index is 7.88. The third-order valence-corrected chi connectivity index (χ3v) is 23.1. The molecule has 38 heavy (non-hydrogen) atoms. The maximum absolute atomic E-state index is 7.88. The standard InChI is InChI=1S/C22H25.C12H9Si.2ClH.Zr/c1-5-15(3)19-13-18-12-11-17(6-2)22(21(18)14-19)20-10-8-7-9-16(20)4;1-3-7-11-9(5-1)10-6-2-4-8-12(10)13-11;;;/h7-15H,5-6H2,1-4H3;1-7H,13H2;2*1H;/q;;;;+2/p-2. The van der Waals surface area contributed by atoms with Crippen molar-refractivity contribution in [2.75, 3.05) is 0 Å². The van der Waals surface area contributed by atoms with E-state index in [1.54, 1.807) is 0 Å². The summed E-state index contributed by atoms with van der Waals surface area (Å²) in [5.41, 5.74) is 12.3. The van der Waals surface area contributed by atoms with Crippen LogP contribution in [0, 0.1) is 12.8 Å². The number of benzene rings is 4. The fourth-order valence-corrected chi connectivity index (χ4v) is 23.6. The number of fused-ring (bicyclic) bond motifs is 4. The SMILES string of the molecule is CCc1ccc2c(c1-c1ccccc1C)C=C(C(C)CC)[CH]2[Zr]([Cl])([Cl])[c]1cccc2c1[SiH2]c1ccccc1-2. The number of aryl methyl sites for hydroxylation is 2. The van der Waals surface area contributed by atoms with Gasteiger partial charge in [-0.05, 0) is 0 Å². The number of hydrogen-bond donors (Lipinski definition) is 0. The molecule has 0 radical (unpaired) electrons. The molecule has 4 heteroatoms. The van der Waals surface area contributed by atoms with Crippen LogP contribution in [-0.2, 0) is 24.3 Å². The molecule has 192 valence electrons. The van der Waals surface area contributed by atoms with Gasteiger partial charge in [-0.15, -0.1) is 0 Å². The van der Waals surface area contributed by atoms with E-state index in [0.717, 1.165) is 12.8 Å². The van der Waals surface area contributed by atoms with Crippen molar-refractivity contribution in [3.8, 4) is 22.3 Å². The normalized spacial score (nSPS) is 17.2. The van der Waals surface area contributed by atoms with E-state index in [1.165, 1.54) is 63.7 Å². The average Bonchev–Trinajstić information content (AvgIpc) is 3.51. The minimum absolute atomic E-state index is 0.121. The Morgan fingerprint density at radius 2 is 1.55 bits per heavy atom. The van der Waals surface area contributed by atoms with Gasteiger partial charge in [0.05, 0.1) is 0 Å². The third-order valence-electron chi connectivity index (χ3n) is 8.87. The van der Waals surface area contributed by atoms with Crippen LogP contribution < -0.4 is 13.6 Å². The van der Waals surface area contributed by atoms with E-state index in [4.69, 9.17) is 17.0 Å². The van der Waals surface area contributed by atoms with E-state index in [9.17, 15) is 0 Å². The van der Waals surface area contributed by atoms with Crippen molar-refractivity contribution in [1.82, 2.24) is 0 Å². The van der Waals surface area contributed by atoms with Gasteiger partial charge in [0.2, 0.25) is 0 Å². The summed E-state index contributed by atoms with van der Waals surface area (Å²) in [6, 6.07) is 29.2. The third kappa shape index (κ3) is 4.19. The Hall–Kier alpha value is -1.70. The molecule has 2 aliphatic rings. The van der Waals surface area contributed by atoms with Gasteiger partial charge in [-0.25, -0.2) is 0 Å². The molecule has 6 rings (SSSR count). The Labute approximate surface area is 241 Å². The molecule has 0 spiro atoms. The molecule has 0 saturated carbocycles. The molecule has 0 fully saturated rings. The second-order valence-corrected chi connectivity index (χ2v) is 26.8. The van der Waals surface area contributed by atoms with Gasteiger partial charge in [-0.1, -0.05) is 0 Å². The van der Waals surface area contributed by atoms with Crippen LogP contribution in [0.1, 0.15) is 53.1 Å². The monoisotopic (exact) mass is 630 g/mol. The molecule has 2 atom stereocenters. The fraction of sp³-hybridized carbons (Fsp3) is 0.235. The Balaban J connectivity index is 1.57. The van der Waals surface area contributed by atoms with E-state index in [1.807, 2.05) is 0 Å². The average molecular weight is 633 g/mol. The molecular formula is C34H34Cl2SiZr. The van der Waals surface area contributed by atoms with Crippen LogP contribution >= 0.6 is 17.0 Å². The summed E-state index contributed by atoms with van der Waals surface area (Å²) in [5, 5.41) is 3.01. The van der Waals surface area contributed by atoms with E-state index < -0.39 is 27.4 Å². The van der Waals surface area contributed by atoms with Crippen molar-refractivity contribution in [3.05, 3.63) is 107 Å². The van der Waals surface area contributed by atoms with E-state index in [0.29, 0.717) is 5.92 Å². The first-order chi connectivity index (χ1) is 18.4. The van der Waals surface area contributed by atoms with Crippen LogP contribution in [-0.4, -0.2) is 9.52 Å². The van der Waals surface area contributed by atoms with Crippen LogP contribution in [0.25, 0.3) is 28.3 Å². The van der Waals surface area contributed by atoms with Crippen molar-refractivity contribution in [2.24, 2.45) is 5.92 Å². The molecule has 0 aromatic heterocycles. The summed E-state index contributed by atoms with van der Waals surface area (Å²) >= 11 is -3.98. The summed E-state index contributed by atoms with van der Waals surface area (Å²) in [7, 11) is 15.1. The number of halogens is 2. The summed E-state index contributed by atoms with van der Waals surface area (Å²) in [5.74, 6) is 0.432. The second kappa shape index (κ2) is 10.4. The van der Waals surface area contributed by atoms with Gasteiger partial charge in [0.25, 0.3) is 0 Å². The molecule has 0 N–H and O–H groups in total. The zero-order valence-corrected chi connectivity index (χ0v) is 28.0. The van der Waals surface area contributed by atoms with E-state index in [-0.39, 0.29) is 3.63 Å². The van der Waals surface area contributed by atoms with E-state index in [2.05, 4.69) is 113 Å². The Morgan fingerprint density at radius 3 is 2.29 bits per heavy atom. The number of allylic oxidation sites excluding steroid dienone is 1. The van der Waals surface area contributed by atoms with Gasteiger partial charge in [-0.2, -0.15) is 0 Å². The van der Waals surface area contributed by atoms with Gasteiger partial charge < -0.3 is 0 Å². The molecule has 4 aromatic carbocycles. The first-order valence-electron chi connectivity index (χ1n) is 13.9.